The van der Waals surface area contributed by atoms with Crippen molar-refractivity contribution in [1.82, 2.24) is 19.5 Å². The summed E-state index contributed by atoms with van der Waals surface area (Å²) in [5.74, 6) is 4.29. The molecule has 2 unspecified atom stereocenters. The lowest BCUT2D eigenvalue weighted by molar-refractivity contribution is 0.264. The van der Waals surface area contributed by atoms with Gasteiger partial charge < -0.3 is 25.7 Å². The summed E-state index contributed by atoms with van der Waals surface area (Å²) in [5.41, 5.74) is 8.92. The number of nitrogens with zero attached hydrogens (tertiary/aromatic N) is 6. The molecule has 2 aliphatic carbocycles. The largest absolute Gasteiger partial charge is 0.409 e. The van der Waals surface area contributed by atoms with Gasteiger partial charge >= 0.3 is 0 Å². The number of nitrogens with two attached hydrogens (primary N) is 1. The van der Waals surface area contributed by atoms with E-state index in [1.807, 2.05) is 0 Å². The highest BCUT2D eigenvalue weighted by molar-refractivity contribution is 5.97. The van der Waals surface area contributed by atoms with E-state index < -0.39 is 0 Å². The lowest BCUT2D eigenvalue weighted by Crippen LogP contribution is -2.40. The third kappa shape index (κ3) is 5.60. The Balaban J connectivity index is 1.50. The first-order valence-electron chi connectivity index (χ1n) is 15.8. The minimum atomic E-state index is -0.0997. The first-order valence-corrected chi connectivity index (χ1v) is 15.8. The second-order valence-electron chi connectivity index (χ2n) is 13.0. The molecule has 3 aromatic rings. The Morgan fingerprint density at radius 3 is 2.46 bits per heavy atom. The number of benzene rings is 1. The van der Waals surface area contributed by atoms with Crippen molar-refractivity contribution < 1.29 is 5.21 Å². The smallest absolute Gasteiger partial charge is 0.208 e. The van der Waals surface area contributed by atoms with Crippen LogP contribution in [0, 0.1) is 23.7 Å². The number of fused-ring (bicyclic) bond motifs is 1. The van der Waals surface area contributed by atoms with Gasteiger partial charge in [0, 0.05) is 19.1 Å². The number of imidazole rings is 1. The van der Waals surface area contributed by atoms with E-state index in [1.54, 1.807) is 0 Å². The van der Waals surface area contributed by atoms with Gasteiger partial charge in [-0.25, -0.2) is 9.97 Å². The van der Waals surface area contributed by atoms with E-state index in [1.165, 1.54) is 56.9 Å². The number of nitrogens with one attached hydrogen (secondary N) is 1. The molecule has 9 heteroatoms. The third-order valence-electron chi connectivity index (χ3n) is 10.0. The van der Waals surface area contributed by atoms with Crippen LogP contribution in [0.25, 0.3) is 11.2 Å². The Bertz CT molecular complexity index is 1360. The number of piperidine rings is 1. The zero-order valence-corrected chi connectivity index (χ0v) is 24.8. The molecule has 3 heterocycles. The average Bonchev–Trinajstić information content (AvgIpc) is 3.31. The lowest BCUT2D eigenvalue weighted by atomic mass is 9.80. The van der Waals surface area contributed by atoms with Gasteiger partial charge in [-0.1, -0.05) is 68.6 Å². The molecule has 0 radical (unpaired) electrons. The number of hydrogen-bond acceptors (Lipinski definition) is 7. The average molecular weight is 559 g/mol. The molecule has 3 fully saturated rings. The van der Waals surface area contributed by atoms with E-state index in [2.05, 4.69) is 71.0 Å². The zero-order valence-electron chi connectivity index (χ0n) is 24.8. The third-order valence-corrected chi connectivity index (χ3v) is 10.0. The van der Waals surface area contributed by atoms with Crippen LogP contribution in [0.3, 0.4) is 0 Å². The predicted octanol–water partition coefficient (Wildman–Crippen LogP) is 6.33. The highest BCUT2D eigenvalue weighted by Crippen LogP contribution is 2.42. The van der Waals surface area contributed by atoms with Crippen molar-refractivity contribution in [3.63, 3.8) is 0 Å². The van der Waals surface area contributed by atoms with Gasteiger partial charge in [0.2, 0.25) is 17.6 Å². The van der Waals surface area contributed by atoms with Gasteiger partial charge in [0.15, 0.2) is 11.5 Å². The maximum absolute atomic E-state index is 9.49. The molecule has 9 nitrogen and oxygen atoms in total. The number of hydrogen-bond donors (Lipinski definition) is 3. The first kappa shape index (κ1) is 27.8. The summed E-state index contributed by atoms with van der Waals surface area (Å²) in [5, 5.41) is 16.5. The minimum Gasteiger partial charge on any atom is -0.409 e. The molecule has 3 aliphatic rings. The molecule has 6 rings (SSSR count). The van der Waals surface area contributed by atoms with E-state index >= 15 is 0 Å². The monoisotopic (exact) mass is 558 g/mol. The summed E-state index contributed by atoms with van der Waals surface area (Å²) in [6.45, 7) is 8.81. The summed E-state index contributed by atoms with van der Waals surface area (Å²) in [4.78, 5) is 17.4. The number of rotatable bonds is 8. The van der Waals surface area contributed by atoms with Crippen molar-refractivity contribution in [2.45, 2.75) is 97.2 Å². The van der Waals surface area contributed by atoms with Gasteiger partial charge in [-0.05, 0) is 74.7 Å². The normalized spacial score (nSPS) is 26.6. The molecule has 3 atom stereocenters. The zero-order chi connectivity index (χ0) is 28.5. The fourth-order valence-electron chi connectivity index (χ4n) is 7.29. The van der Waals surface area contributed by atoms with Crippen molar-refractivity contribution >= 4 is 28.8 Å². The van der Waals surface area contributed by atoms with Crippen molar-refractivity contribution in [3.05, 3.63) is 41.7 Å². The van der Waals surface area contributed by atoms with E-state index in [4.69, 9.17) is 20.7 Å². The molecule has 0 spiro atoms. The Morgan fingerprint density at radius 2 is 1.78 bits per heavy atom. The Morgan fingerprint density at radius 1 is 1.02 bits per heavy atom. The predicted molar refractivity (Wildman–Crippen MR) is 164 cm³/mol. The van der Waals surface area contributed by atoms with Crippen molar-refractivity contribution in [2.75, 3.05) is 16.8 Å². The van der Waals surface area contributed by atoms with Crippen LogP contribution in [0.15, 0.2) is 35.5 Å². The lowest BCUT2D eigenvalue weighted by Gasteiger charge is -2.41. The molecular weight excluding hydrogens is 512 g/mol. The summed E-state index contributed by atoms with van der Waals surface area (Å²) in [6.07, 6.45) is 11.0. The van der Waals surface area contributed by atoms with Crippen molar-refractivity contribution in [2.24, 2.45) is 34.6 Å². The highest BCUT2D eigenvalue weighted by Gasteiger charge is 2.35. The second kappa shape index (κ2) is 11.9. The number of anilines is 2. The molecule has 1 saturated heterocycles. The Hall–Kier alpha value is -3.36. The van der Waals surface area contributed by atoms with Gasteiger partial charge in [-0.3, -0.25) is 0 Å². The van der Waals surface area contributed by atoms with E-state index in [9.17, 15) is 5.21 Å². The van der Waals surface area contributed by atoms with E-state index in [0.29, 0.717) is 23.4 Å². The maximum atomic E-state index is 9.49. The SMILES string of the molecule is CC1CCCN(c2nc3nc(/C(N)=N/O)nc(N[C@H](C)C4CCC4)c3n2C[C@H]2CC[C@H](C)CC2)C1c1ccccc1. The van der Waals surface area contributed by atoms with Crippen LogP contribution in [-0.4, -0.2) is 43.1 Å². The van der Waals surface area contributed by atoms with Gasteiger partial charge in [-0.2, -0.15) is 4.98 Å². The van der Waals surface area contributed by atoms with Crippen LogP contribution in [0.4, 0.5) is 11.8 Å². The van der Waals surface area contributed by atoms with Crippen LogP contribution in [0.1, 0.15) is 96.0 Å². The second-order valence-corrected chi connectivity index (χ2v) is 13.0. The van der Waals surface area contributed by atoms with Gasteiger partial charge in [0.25, 0.3) is 0 Å². The summed E-state index contributed by atoms with van der Waals surface area (Å²) in [6, 6.07) is 11.4. The fourth-order valence-corrected chi connectivity index (χ4v) is 7.29. The van der Waals surface area contributed by atoms with Crippen LogP contribution in [0.2, 0.25) is 0 Å². The van der Waals surface area contributed by atoms with E-state index in [0.717, 1.165) is 42.7 Å². The molecule has 2 aromatic heterocycles. The van der Waals surface area contributed by atoms with Gasteiger partial charge in [0.1, 0.15) is 5.52 Å². The van der Waals surface area contributed by atoms with Crippen molar-refractivity contribution in [3.8, 4) is 0 Å². The summed E-state index contributed by atoms with van der Waals surface area (Å²) in [7, 11) is 0. The first-order chi connectivity index (χ1) is 19.9. The maximum Gasteiger partial charge on any atom is 0.208 e. The molecule has 0 amide bonds. The minimum absolute atomic E-state index is 0.0997. The standard InChI is InChI=1S/C32H46N8O/c1-20-14-16-23(17-15-20)19-40-27-29(34-22(3)24-12-7-13-24)35-31(28(33)38-41)36-30(27)37-32(40)39-18-8-9-21(2)26(39)25-10-5-4-6-11-25/h4-6,10-11,20-24,26,41H,7-9,12-19H2,1-3H3,(H2,33,38)(H,34,35,36)/t20-,21?,22-,23-,26?/m1/s1. The van der Waals surface area contributed by atoms with Gasteiger partial charge in [-0.15, -0.1) is 0 Å². The molecule has 2 saturated carbocycles. The fraction of sp³-hybridized carbons (Fsp3) is 0.625. The topological polar surface area (TPSA) is 117 Å². The van der Waals surface area contributed by atoms with Crippen LogP contribution in [-0.2, 0) is 6.54 Å². The Labute approximate surface area is 243 Å². The quantitative estimate of drug-likeness (QED) is 0.128. The summed E-state index contributed by atoms with van der Waals surface area (Å²) < 4.78 is 2.41. The number of oxime groups is 1. The molecule has 1 aromatic carbocycles. The van der Waals surface area contributed by atoms with Crippen LogP contribution in [0.5, 0.6) is 0 Å². The van der Waals surface area contributed by atoms with E-state index in [-0.39, 0.29) is 23.7 Å². The molecule has 1 aliphatic heterocycles. The van der Waals surface area contributed by atoms with Crippen molar-refractivity contribution in [1.29, 1.82) is 0 Å². The number of amidine groups is 1. The van der Waals surface area contributed by atoms with Gasteiger partial charge in [0.05, 0.1) is 6.04 Å². The highest BCUT2D eigenvalue weighted by atomic mass is 16.4. The molecule has 41 heavy (non-hydrogen) atoms. The molecule has 220 valence electrons. The van der Waals surface area contributed by atoms with Crippen LogP contribution >= 0.6 is 0 Å². The molecule has 0 bridgehead atoms. The Kier molecular flexibility index (Phi) is 8.04. The van der Waals surface area contributed by atoms with Crippen LogP contribution < -0.4 is 16.0 Å². The number of aromatic nitrogens is 4. The molecular formula is C32H46N8O. The molecule has 4 N–H and O–H groups in total. The summed E-state index contributed by atoms with van der Waals surface area (Å²) >= 11 is 0.